The maximum Gasteiger partial charge on any atom is 0.145 e. The topological polar surface area (TPSA) is 37.8 Å². The van der Waals surface area contributed by atoms with Gasteiger partial charge in [0, 0.05) is 12.4 Å². The van der Waals surface area contributed by atoms with Crippen LogP contribution in [0.1, 0.15) is 34.1 Å². The number of hydrogen-bond acceptors (Lipinski definition) is 3. The van der Waals surface area contributed by atoms with Crippen molar-refractivity contribution in [3.8, 4) is 0 Å². The van der Waals surface area contributed by atoms with Crippen LogP contribution in [-0.4, -0.2) is 17.0 Å². The van der Waals surface area contributed by atoms with Crippen LogP contribution >= 0.6 is 0 Å². The number of hydrogen-bond donors (Lipinski definition) is 1. The molecule has 0 aliphatic carbocycles. The number of aryl methyl sites for hydroxylation is 3. The molecule has 19 heavy (non-hydrogen) atoms. The first-order chi connectivity index (χ1) is 9.10. The minimum absolute atomic E-state index is 0.154. The van der Waals surface area contributed by atoms with E-state index in [0.29, 0.717) is 0 Å². The van der Waals surface area contributed by atoms with E-state index >= 15 is 0 Å². The molecule has 1 aromatic heterocycles. The molecule has 0 aliphatic heterocycles. The Kier molecular flexibility index (Phi) is 4.27. The molecule has 1 atom stereocenters. The normalized spacial score (nSPS) is 12.4. The Labute approximate surface area is 115 Å². The zero-order chi connectivity index (χ0) is 13.8. The van der Waals surface area contributed by atoms with Gasteiger partial charge in [0.25, 0.3) is 0 Å². The van der Waals surface area contributed by atoms with Gasteiger partial charge in [0.1, 0.15) is 5.82 Å². The minimum Gasteiger partial charge on any atom is -0.310 e. The van der Waals surface area contributed by atoms with Gasteiger partial charge in [0.2, 0.25) is 0 Å². The van der Waals surface area contributed by atoms with E-state index in [1.165, 1.54) is 16.7 Å². The monoisotopic (exact) mass is 255 g/mol. The molecule has 0 radical (unpaired) electrons. The molecule has 0 saturated carbocycles. The molecule has 1 heterocycles. The molecule has 3 heteroatoms. The van der Waals surface area contributed by atoms with E-state index in [1.807, 2.05) is 26.4 Å². The molecule has 2 aromatic rings. The van der Waals surface area contributed by atoms with Crippen molar-refractivity contribution in [2.75, 3.05) is 7.05 Å². The van der Waals surface area contributed by atoms with Crippen LogP contribution in [0.2, 0.25) is 0 Å². The fourth-order valence-corrected chi connectivity index (χ4v) is 2.15. The minimum atomic E-state index is 0.154. The van der Waals surface area contributed by atoms with E-state index in [1.54, 1.807) is 0 Å². The van der Waals surface area contributed by atoms with Crippen LogP contribution in [-0.2, 0) is 6.42 Å². The van der Waals surface area contributed by atoms with Crippen molar-refractivity contribution in [3.05, 3.63) is 58.7 Å². The van der Waals surface area contributed by atoms with Gasteiger partial charge in [-0.05, 0) is 50.9 Å². The Bertz CT molecular complexity index is 546. The van der Waals surface area contributed by atoms with Crippen molar-refractivity contribution in [3.63, 3.8) is 0 Å². The highest BCUT2D eigenvalue weighted by atomic mass is 15.0. The molecule has 1 N–H and O–H groups in total. The Morgan fingerprint density at radius 1 is 1.05 bits per heavy atom. The maximum atomic E-state index is 4.42. The molecular formula is C16H21N3. The lowest BCUT2D eigenvalue weighted by atomic mass is 9.98. The molecule has 0 bridgehead atoms. The number of benzene rings is 1. The van der Waals surface area contributed by atoms with Gasteiger partial charge in [-0.3, -0.25) is 0 Å². The van der Waals surface area contributed by atoms with Crippen molar-refractivity contribution in [2.24, 2.45) is 0 Å². The van der Waals surface area contributed by atoms with E-state index in [0.717, 1.165) is 17.8 Å². The van der Waals surface area contributed by atoms with Crippen molar-refractivity contribution < 1.29 is 0 Å². The summed E-state index contributed by atoms with van der Waals surface area (Å²) in [7, 11) is 1.96. The molecule has 3 nitrogen and oxygen atoms in total. The Morgan fingerprint density at radius 2 is 1.74 bits per heavy atom. The zero-order valence-electron chi connectivity index (χ0n) is 12.1. The molecule has 0 aliphatic rings. The van der Waals surface area contributed by atoms with Gasteiger partial charge in [0.15, 0.2) is 0 Å². The molecular weight excluding hydrogens is 234 g/mol. The third-order valence-corrected chi connectivity index (χ3v) is 3.39. The second kappa shape index (κ2) is 5.93. The zero-order valence-corrected chi connectivity index (χ0v) is 12.1. The van der Waals surface area contributed by atoms with E-state index in [9.17, 15) is 0 Å². The summed E-state index contributed by atoms with van der Waals surface area (Å²) < 4.78 is 0. The third kappa shape index (κ3) is 3.38. The summed E-state index contributed by atoms with van der Waals surface area (Å²) in [6, 6.07) is 6.72. The summed E-state index contributed by atoms with van der Waals surface area (Å²) in [5.74, 6) is 0.856. The number of nitrogens with zero attached hydrogens (tertiary/aromatic N) is 2. The standard InChI is InChI=1S/C16H21N3/c1-11-5-6-13(3)14(7-11)8-15(17-4)16-18-9-12(2)10-19-16/h5-7,9-10,15,17H,8H2,1-4H3. The fraction of sp³-hybridized carbons (Fsp3) is 0.375. The van der Waals surface area contributed by atoms with Crippen LogP contribution < -0.4 is 5.32 Å². The first-order valence-electron chi connectivity index (χ1n) is 6.62. The predicted molar refractivity (Wildman–Crippen MR) is 78.2 cm³/mol. The lowest BCUT2D eigenvalue weighted by molar-refractivity contribution is 0.555. The van der Waals surface area contributed by atoms with Crippen molar-refractivity contribution >= 4 is 0 Å². The highest BCUT2D eigenvalue weighted by Gasteiger charge is 2.14. The van der Waals surface area contributed by atoms with E-state index < -0.39 is 0 Å². The van der Waals surface area contributed by atoms with Crippen LogP contribution in [0, 0.1) is 20.8 Å². The summed E-state index contributed by atoms with van der Waals surface area (Å²) in [5, 5.41) is 3.31. The van der Waals surface area contributed by atoms with Crippen LogP contribution in [0.4, 0.5) is 0 Å². The summed E-state index contributed by atoms with van der Waals surface area (Å²) in [5.41, 5.74) is 5.05. The van der Waals surface area contributed by atoms with Gasteiger partial charge < -0.3 is 5.32 Å². The summed E-state index contributed by atoms with van der Waals surface area (Å²) in [6.07, 6.45) is 4.65. The second-order valence-corrected chi connectivity index (χ2v) is 5.09. The molecule has 0 saturated heterocycles. The summed E-state index contributed by atoms with van der Waals surface area (Å²) >= 11 is 0. The lowest BCUT2D eigenvalue weighted by Gasteiger charge is -2.16. The summed E-state index contributed by atoms with van der Waals surface area (Å²) in [4.78, 5) is 8.85. The average Bonchev–Trinajstić information content (AvgIpc) is 2.41. The van der Waals surface area contributed by atoms with Crippen LogP contribution in [0.25, 0.3) is 0 Å². The first kappa shape index (κ1) is 13.7. The quantitative estimate of drug-likeness (QED) is 0.913. The lowest BCUT2D eigenvalue weighted by Crippen LogP contribution is -2.21. The smallest absolute Gasteiger partial charge is 0.145 e. The molecule has 100 valence electrons. The number of nitrogens with one attached hydrogen (secondary N) is 1. The van der Waals surface area contributed by atoms with Gasteiger partial charge >= 0.3 is 0 Å². The molecule has 0 spiro atoms. The van der Waals surface area contributed by atoms with Crippen LogP contribution in [0.5, 0.6) is 0 Å². The van der Waals surface area contributed by atoms with Crippen molar-refractivity contribution in [1.82, 2.24) is 15.3 Å². The van der Waals surface area contributed by atoms with Gasteiger partial charge in [-0.2, -0.15) is 0 Å². The van der Waals surface area contributed by atoms with Gasteiger partial charge in [-0.25, -0.2) is 9.97 Å². The first-order valence-corrected chi connectivity index (χ1v) is 6.62. The highest BCUT2D eigenvalue weighted by Crippen LogP contribution is 2.19. The van der Waals surface area contributed by atoms with Crippen molar-refractivity contribution in [1.29, 1.82) is 0 Å². The Hall–Kier alpha value is -1.74. The van der Waals surface area contributed by atoms with E-state index in [4.69, 9.17) is 0 Å². The van der Waals surface area contributed by atoms with E-state index in [-0.39, 0.29) is 6.04 Å². The maximum absolute atomic E-state index is 4.42. The molecule has 0 fully saturated rings. The van der Waals surface area contributed by atoms with Crippen molar-refractivity contribution in [2.45, 2.75) is 33.2 Å². The third-order valence-electron chi connectivity index (χ3n) is 3.39. The summed E-state index contributed by atoms with van der Waals surface area (Å²) in [6.45, 7) is 6.28. The van der Waals surface area contributed by atoms with E-state index in [2.05, 4.69) is 47.3 Å². The van der Waals surface area contributed by atoms with Gasteiger partial charge in [0.05, 0.1) is 6.04 Å². The average molecular weight is 255 g/mol. The SMILES string of the molecule is CNC(Cc1cc(C)ccc1C)c1ncc(C)cn1. The van der Waals surface area contributed by atoms with Gasteiger partial charge in [-0.15, -0.1) is 0 Å². The van der Waals surface area contributed by atoms with Crippen LogP contribution in [0.15, 0.2) is 30.6 Å². The predicted octanol–water partition coefficient (Wildman–Crippen LogP) is 2.91. The number of aromatic nitrogens is 2. The van der Waals surface area contributed by atoms with Crippen LogP contribution in [0.3, 0.4) is 0 Å². The fourth-order valence-electron chi connectivity index (χ4n) is 2.15. The highest BCUT2D eigenvalue weighted by molar-refractivity contribution is 5.31. The second-order valence-electron chi connectivity index (χ2n) is 5.09. The largest absolute Gasteiger partial charge is 0.310 e. The molecule has 1 aromatic carbocycles. The number of likely N-dealkylation sites (N-methyl/N-ethyl adjacent to an activating group) is 1. The Morgan fingerprint density at radius 3 is 2.37 bits per heavy atom. The van der Waals surface area contributed by atoms with Gasteiger partial charge in [-0.1, -0.05) is 23.8 Å². The Balaban J connectivity index is 2.23. The molecule has 0 amide bonds. The molecule has 1 unspecified atom stereocenters. The number of rotatable bonds is 4. The molecule has 2 rings (SSSR count).